The van der Waals surface area contributed by atoms with Crippen LogP contribution in [-0.4, -0.2) is 27.3 Å². The fourth-order valence-corrected chi connectivity index (χ4v) is 5.12. The summed E-state index contributed by atoms with van der Waals surface area (Å²) in [4.78, 5) is 0. The van der Waals surface area contributed by atoms with Crippen LogP contribution < -0.4 is 10.0 Å². The molecule has 0 bridgehead atoms. The molecule has 1 aliphatic rings. The lowest BCUT2D eigenvalue weighted by Gasteiger charge is -2.34. The van der Waals surface area contributed by atoms with Crippen LogP contribution in [-0.2, 0) is 29.4 Å². The van der Waals surface area contributed by atoms with E-state index in [1.54, 1.807) is 0 Å². The molecule has 0 heterocycles. The molecule has 3 rings (SSSR count). The second kappa shape index (κ2) is 9.00. The van der Waals surface area contributed by atoms with E-state index in [-0.39, 0.29) is 5.75 Å². The van der Waals surface area contributed by atoms with Crippen LogP contribution in [0.1, 0.15) is 47.9 Å². The third kappa shape index (κ3) is 5.18. The Labute approximate surface area is 163 Å². The molecule has 2 N–H and O–H groups in total. The highest BCUT2D eigenvalue weighted by atomic mass is 32.2. The van der Waals surface area contributed by atoms with Gasteiger partial charge in [-0.2, -0.15) is 0 Å². The zero-order valence-electron chi connectivity index (χ0n) is 16.2. The number of aryl methyl sites for hydroxylation is 1. The number of nitrogens with one attached hydrogen (secondary N) is 2. The molecule has 0 radical (unpaired) electrons. The Morgan fingerprint density at radius 1 is 1.07 bits per heavy atom. The average molecular weight is 387 g/mol. The van der Waals surface area contributed by atoms with Gasteiger partial charge in [0.05, 0.1) is 5.75 Å². The number of rotatable bonds is 8. The Morgan fingerprint density at radius 3 is 2.56 bits per heavy atom. The van der Waals surface area contributed by atoms with Crippen LogP contribution in [0.4, 0.5) is 0 Å². The lowest BCUT2D eigenvalue weighted by molar-refractivity contribution is 0.409. The van der Waals surface area contributed by atoms with Gasteiger partial charge in [0.1, 0.15) is 0 Å². The van der Waals surface area contributed by atoms with E-state index >= 15 is 0 Å². The highest BCUT2D eigenvalue weighted by Gasteiger charge is 2.29. The third-order valence-electron chi connectivity index (χ3n) is 5.46. The maximum absolute atomic E-state index is 12.0. The summed E-state index contributed by atoms with van der Waals surface area (Å²) in [6, 6.07) is 17.5. The minimum atomic E-state index is -3.19. The summed E-state index contributed by atoms with van der Waals surface area (Å²) in [5.74, 6) is 0.574. The van der Waals surface area contributed by atoms with Crippen molar-refractivity contribution in [3.8, 4) is 0 Å². The number of benzene rings is 2. The molecule has 0 saturated heterocycles. The molecule has 146 valence electrons. The van der Waals surface area contributed by atoms with Crippen molar-refractivity contribution in [1.82, 2.24) is 10.0 Å². The van der Waals surface area contributed by atoms with E-state index in [9.17, 15) is 8.42 Å². The summed E-state index contributed by atoms with van der Waals surface area (Å²) in [7, 11) is -1.15. The Hall–Kier alpha value is -1.69. The molecular formula is C22H30N2O2S. The largest absolute Gasteiger partial charge is 0.316 e. The van der Waals surface area contributed by atoms with Crippen molar-refractivity contribution in [1.29, 1.82) is 0 Å². The summed E-state index contributed by atoms with van der Waals surface area (Å²) in [5.41, 5.74) is 5.12. The van der Waals surface area contributed by atoms with Crippen LogP contribution in [0, 0.1) is 0 Å². The zero-order chi connectivity index (χ0) is 19.3. The summed E-state index contributed by atoms with van der Waals surface area (Å²) in [6.07, 6.45) is 3.81. The van der Waals surface area contributed by atoms with Crippen molar-refractivity contribution < 1.29 is 8.42 Å². The first-order valence-electron chi connectivity index (χ1n) is 9.82. The van der Waals surface area contributed by atoms with Gasteiger partial charge in [-0.15, -0.1) is 0 Å². The van der Waals surface area contributed by atoms with Crippen molar-refractivity contribution >= 4 is 10.0 Å². The first kappa shape index (κ1) is 20.1. The van der Waals surface area contributed by atoms with Gasteiger partial charge >= 0.3 is 0 Å². The highest BCUT2D eigenvalue weighted by molar-refractivity contribution is 7.89. The number of hydrogen-bond donors (Lipinski definition) is 2. The van der Waals surface area contributed by atoms with Gasteiger partial charge < -0.3 is 5.32 Å². The monoisotopic (exact) mass is 386 g/mol. The van der Waals surface area contributed by atoms with Crippen molar-refractivity contribution in [2.75, 3.05) is 12.8 Å². The van der Waals surface area contributed by atoms with E-state index in [0.717, 1.165) is 24.8 Å². The SMILES string of the molecule is CCCS(=O)(=O)NCc1ccc2c(c1)[C@@H](Cc1ccccc1)[C@@H](NC)CC2. The minimum absolute atomic E-state index is 0.177. The van der Waals surface area contributed by atoms with Crippen molar-refractivity contribution in [3.63, 3.8) is 0 Å². The Morgan fingerprint density at radius 2 is 1.85 bits per heavy atom. The van der Waals surface area contributed by atoms with Crippen LogP contribution in [0.3, 0.4) is 0 Å². The Balaban J connectivity index is 1.84. The second-order valence-electron chi connectivity index (χ2n) is 7.40. The molecule has 2 aromatic carbocycles. The van der Waals surface area contributed by atoms with E-state index in [4.69, 9.17) is 0 Å². The molecule has 5 heteroatoms. The molecule has 4 nitrogen and oxygen atoms in total. The summed E-state index contributed by atoms with van der Waals surface area (Å²) < 4.78 is 26.7. The lowest BCUT2D eigenvalue weighted by Crippen LogP contribution is -2.37. The molecule has 2 atom stereocenters. The number of sulfonamides is 1. The van der Waals surface area contributed by atoms with Crippen molar-refractivity contribution in [3.05, 3.63) is 70.8 Å². The molecule has 0 fully saturated rings. The maximum Gasteiger partial charge on any atom is 0.211 e. The quantitative estimate of drug-likeness (QED) is 0.731. The molecule has 0 saturated carbocycles. The first-order valence-corrected chi connectivity index (χ1v) is 11.5. The van der Waals surface area contributed by atoms with E-state index in [2.05, 4.69) is 52.5 Å². The van der Waals surface area contributed by atoms with Gasteiger partial charge in [-0.05, 0) is 55.0 Å². The van der Waals surface area contributed by atoms with Crippen molar-refractivity contribution in [2.45, 2.75) is 51.1 Å². The molecule has 0 spiro atoms. The zero-order valence-corrected chi connectivity index (χ0v) is 17.1. The molecule has 0 amide bonds. The molecule has 0 aliphatic heterocycles. The fourth-order valence-electron chi connectivity index (χ4n) is 4.06. The van der Waals surface area contributed by atoms with Gasteiger partial charge in [0.2, 0.25) is 10.0 Å². The van der Waals surface area contributed by atoms with Gasteiger partial charge in [-0.3, -0.25) is 0 Å². The topological polar surface area (TPSA) is 58.2 Å². The minimum Gasteiger partial charge on any atom is -0.316 e. The number of likely N-dealkylation sites (N-methyl/N-ethyl adjacent to an activating group) is 1. The maximum atomic E-state index is 12.0. The van der Waals surface area contributed by atoms with Gasteiger partial charge in [-0.25, -0.2) is 13.1 Å². The van der Waals surface area contributed by atoms with Crippen LogP contribution in [0.25, 0.3) is 0 Å². The lowest BCUT2D eigenvalue weighted by atomic mass is 9.75. The highest BCUT2D eigenvalue weighted by Crippen LogP contribution is 2.35. The van der Waals surface area contributed by atoms with Crippen molar-refractivity contribution in [2.24, 2.45) is 0 Å². The molecule has 27 heavy (non-hydrogen) atoms. The van der Waals surface area contributed by atoms with Gasteiger partial charge in [0.15, 0.2) is 0 Å². The molecule has 1 aliphatic carbocycles. The second-order valence-corrected chi connectivity index (χ2v) is 9.33. The van der Waals surface area contributed by atoms with Crippen LogP contribution in [0.2, 0.25) is 0 Å². The standard InChI is InChI=1S/C22H30N2O2S/c1-3-13-27(25,26)24-16-18-9-10-19-11-12-22(23-2)21(20(19)15-18)14-17-7-5-4-6-8-17/h4-10,15,21-24H,3,11-14,16H2,1-2H3/t21-,22+/m1/s1. The molecule has 0 aromatic heterocycles. The smallest absolute Gasteiger partial charge is 0.211 e. The number of fused-ring (bicyclic) bond motifs is 1. The van der Waals surface area contributed by atoms with Gasteiger partial charge in [0.25, 0.3) is 0 Å². The van der Waals surface area contributed by atoms with E-state index in [1.807, 2.05) is 20.0 Å². The first-order chi connectivity index (χ1) is 13.0. The summed E-state index contributed by atoms with van der Waals surface area (Å²) in [6.45, 7) is 2.24. The Kier molecular flexibility index (Phi) is 6.68. The Bertz CT molecular complexity index is 850. The van der Waals surface area contributed by atoms with E-state index in [1.165, 1.54) is 16.7 Å². The summed E-state index contributed by atoms with van der Waals surface area (Å²) in [5, 5.41) is 3.50. The van der Waals surface area contributed by atoms with Gasteiger partial charge in [-0.1, -0.05) is 55.5 Å². The molecule has 2 aromatic rings. The number of hydrogen-bond acceptors (Lipinski definition) is 3. The third-order valence-corrected chi connectivity index (χ3v) is 6.99. The summed E-state index contributed by atoms with van der Waals surface area (Å²) >= 11 is 0. The van der Waals surface area contributed by atoms with Crippen LogP contribution >= 0.6 is 0 Å². The fraction of sp³-hybridized carbons (Fsp3) is 0.455. The molecule has 0 unspecified atom stereocenters. The van der Waals surface area contributed by atoms with Gasteiger partial charge in [0, 0.05) is 18.5 Å². The predicted molar refractivity (Wildman–Crippen MR) is 111 cm³/mol. The van der Waals surface area contributed by atoms with E-state index in [0.29, 0.717) is 24.9 Å². The predicted octanol–water partition coefficient (Wildman–Crippen LogP) is 3.38. The van der Waals surface area contributed by atoms with Crippen LogP contribution in [0.5, 0.6) is 0 Å². The van der Waals surface area contributed by atoms with Crippen LogP contribution in [0.15, 0.2) is 48.5 Å². The average Bonchev–Trinajstić information content (AvgIpc) is 2.67. The normalized spacial score (nSPS) is 19.6. The van der Waals surface area contributed by atoms with E-state index < -0.39 is 10.0 Å². The molecular weight excluding hydrogens is 356 g/mol.